The number of Topliss-reactive ketones (excluding diaryl/α,β-unsaturated/α-hetero) is 1. The van der Waals surface area contributed by atoms with Crippen LogP contribution in [-0.2, 0) is 9.47 Å². The van der Waals surface area contributed by atoms with Gasteiger partial charge in [0, 0.05) is 19.8 Å². The van der Waals surface area contributed by atoms with E-state index in [0.29, 0.717) is 5.56 Å². The number of ether oxygens (including phenoxy) is 2. The minimum absolute atomic E-state index is 0.00574. The van der Waals surface area contributed by atoms with Crippen molar-refractivity contribution in [1.82, 2.24) is 0 Å². The van der Waals surface area contributed by atoms with E-state index in [1.54, 1.807) is 24.3 Å². The van der Waals surface area contributed by atoms with Gasteiger partial charge >= 0.3 is 0 Å². The van der Waals surface area contributed by atoms with Crippen molar-refractivity contribution in [2.45, 2.75) is 0 Å². The van der Waals surface area contributed by atoms with Crippen molar-refractivity contribution in [3.05, 3.63) is 42.2 Å². The van der Waals surface area contributed by atoms with Crippen LogP contribution in [0.1, 0.15) is 10.4 Å². The quantitative estimate of drug-likeness (QED) is 0.659. The summed E-state index contributed by atoms with van der Waals surface area (Å²) in [4.78, 5) is 11.5. The molecular weight excluding hydrogens is 168 g/mol. The van der Waals surface area contributed by atoms with Crippen LogP contribution in [0.5, 0.6) is 0 Å². The van der Waals surface area contributed by atoms with E-state index in [-0.39, 0.29) is 12.1 Å². The summed E-state index contributed by atoms with van der Waals surface area (Å²) in [6.45, 7) is 0. The summed E-state index contributed by atoms with van der Waals surface area (Å²) < 4.78 is 9.52. The van der Waals surface area contributed by atoms with Crippen LogP contribution >= 0.6 is 0 Å². The molecule has 0 N–H and O–H groups in total. The number of ketones is 1. The van der Waals surface area contributed by atoms with E-state index in [1.807, 2.05) is 6.07 Å². The van der Waals surface area contributed by atoms with Crippen molar-refractivity contribution in [2.75, 3.05) is 14.2 Å². The van der Waals surface area contributed by atoms with Crippen LogP contribution < -0.4 is 0 Å². The van der Waals surface area contributed by atoms with Gasteiger partial charge in [-0.25, -0.2) is 0 Å². The van der Waals surface area contributed by atoms with Gasteiger partial charge < -0.3 is 9.47 Å². The lowest BCUT2D eigenvalue weighted by Gasteiger charge is -2.08. The number of benzene rings is 1. The third-order valence-electron chi connectivity index (χ3n) is 1.59. The summed E-state index contributed by atoms with van der Waals surface area (Å²) >= 11 is 0. The average Bonchev–Trinajstić information content (AvgIpc) is 2.21. The maximum Gasteiger partial charge on any atom is 0.297 e. The van der Waals surface area contributed by atoms with Gasteiger partial charge in [0.2, 0.25) is 5.78 Å². The zero-order chi connectivity index (χ0) is 9.68. The molecule has 0 amide bonds. The predicted molar refractivity (Wildman–Crippen MR) is 48.0 cm³/mol. The van der Waals surface area contributed by atoms with Gasteiger partial charge in [0.15, 0.2) is 0 Å². The molecule has 69 valence electrons. The average molecular weight is 179 g/mol. The molecule has 0 saturated carbocycles. The van der Waals surface area contributed by atoms with Crippen molar-refractivity contribution in [1.29, 1.82) is 0 Å². The fourth-order valence-electron chi connectivity index (χ4n) is 0.976. The van der Waals surface area contributed by atoms with E-state index in [0.717, 1.165) is 0 Å². The molecule has 13 heavy (non-hydrogen) atoms. The normalized spacial score (nSPS) is 10.4. The first kappa shape index (κ1) is 9.89. The molecule has 0 fully saturated rings. The van der Waals surface area contributed by atoms with Crippen molar-refractivity contribution in [3.63, 3.8) is 0 Å². The Morgan fingerprint density at radius 3 is 2.08 bits per heavy atom. The molecule has 1 rings (SSSR count). The summed E-state index contributed by atoms with van der Waals surface area (Å²) in [6.07, 6.45) is 0.00574. The lowest BCUT2D eigenvalue weighted by atomic mass is 10.1. The molecule has 0 spiro atoms. The first-order valence-electron chi connectivity index (χ1n) is 3.84. The Morgan fingerprint density at radius 2 is 1.62 bits per heavy atom. The van der Waals surface area contributed by atoms with Gasteiger partial charge in [-0.1, -0.05) is 30.3 Å². The van der Waals surface area contributed by atoms with Crippen LogP contribution in [0.3, 0.4) is 0 Å². The van der Waals surface area contributed by atoms with Crippen LogP contribution in [-0.4, -0.2) is 20.0 Å². The Labute approximate surface area is 77.3 Å². The van der Waals surface area contributed by atoms with Crippen LogP contribution in [0.15, 0.2) is 30.3 Å². The second-order valence-electron chi connectivity index (χ2n) is 2.39. The standard InChI is InChI=1S/C10H11O3/c1-12-10(13-2)9(11)8-6-4-3-5-7-8/h3-7H,1-2H3. The first-order chi connectivity index (χ1) is 6.29. The third-order valence-corrected chi connectivity index (χ3v) is 1.59. The van der Waals surface area contributed by atoms with Gasteiger partial charge in [-0.2, -0.15) is 0 Å². The number of methoxy groups -OCH3 is 2. The largest absolute Gasteiger partial charge is 0.342 e. The maximum absolute atomic E-state index is 11.5. The van der Waals surface area contributed by atoms with Crippen molar-refractivity contribution < 1.29 is 14.3 Å². The zero-order valence-corrected chi connectivity index (χ0v) is 7.61. The molecule has 3 nitrogen and oxygen atoms in total. The zero-order valence-electron chi connectivity index (χ0n) is 7.61. The number of hydrogen-bond donors (Lipinski definition) is 0. The molecule has 0 saturated heterocycles. The van der Waals surface area contributed by atoms with E-state index in [2.05, 4.69) is 0 Å². The van der Waals surface area contributed by atoms with Gasteiger partial charge in [0.25, 0.3) is 6.29 Å². The minimum atomic E-state index is -0.245. The van der Waals surface area contributed by atoms with E-state index >= 15 is 0 Å². The molecular formula is C10H11O3. The summed E-state index contributed by atoms with van der Waals surface area (Å²) in [5.74, 6) is -0.245. The molecule has 0 unspecified atom stereocenters. The van der Waals surface area contributed by atoms with Crippen LogP contribution in [0.25, 0.3) is 0 Å². The Balaban J connectivity index is 2.78. The smallest absolute Gasteiger partial charge is 0.297 e. The van der Waals surface area contributed by atoms with Crippen molar-refractivity contribution >= 4 is 5.78 Å². The number of carbonyl (C=O) groups excluding carboxylic acids is 1. The SMILES string of the molecule is CO[C](OC)C(=O)c1ccccc1. The Hall–Kier alpha value is -1.19. The van der Waals surface area contributed by atoms with Gasteiger partial charge in [0.1, 0.15) is 0 Å². The highest BCUT2D eigenvalue weighted by molar-refractivity contribution is 6.03. The monoisotopic (exact) mass is 179 g/mol. The van der Waals surface area contributed by atoms with Gasteiger partial charge in [-0.15, -0.1) is 0 Å². The summed E-state index contributed by atoms with van der Waals surface area (Å²) in [5.41, 5.74) is 0.557. The molecule has 0 aromatic heterocycles. The predicted octanol–water partition coefficient (Wildman–Crippen LogP) is 1.65. The molecule has 0 aliphatic rings. The molecule has 1 aromatic rings. The Bertz CT molecular complexity index is 265. The Kier molecular flexibility index (Phi) is 3.61. The fourth-order valence-corrected chi connectivity index (χ4v) is 0.976. The first-order valence-corrected chi connectivity index (χ1v) is 3.84. The maximum atomic E-state index is 11.5. The van der Waals surface area contributed by atoms with Crippen LogP contribution in [0.2, 0.25) is 0 Å². The van der Waals surface area contributed by atoms with Crippen LogP contribution in [0.4, 0.5) is 0 Å². The lowest BCUT2D eigenvalue weighted by molar-refractivity contribution is 0.00839. The molecule has 0 heterocycles. The highest BCUT2D eigenvalue weighted by Crippen LogP contribution is 2.11. The van der Waals surface area contributed by atoms with Crippen molar-refractivity contribution in [2.24, 2.45) is 0 Å². The van der Waals surface area contributed by atoms with Gasteiger partial charge in [0.05, 0.1) is 0 Å². The van der Waals surface area contributed by atoms with E-state index in [1.165, 1.54) is 14.2 Å². The summed E-state index contributed by atoms with van der Waals surface area (Å²) in [6, 6.07) is 8.84. The molecule has 0 bridgehead atoms. The number of rotatable bonds is 4. The van der Waals surface area contributed by atoms with Crippen molar-refractivity contribution in [3.8, 4) is 0 Å². The van der Waals surface area contributed by atoms with E-state index < -0.39 is 0 Å². The van der Waals surface area contributed by atoms with E-state index in [9.17, 15) is 4.79 Å². The second-order valence-corrected chi connectivity index (χ2v) is 2.39. The third kappa shape index (κ3) is 2.37. The van der Waals surface area contributed by atoms with Crippen LogP contribution in [0, 0.1) is 6.29 Å². The summed E-state index contributed by atoms with van der Waals surface area (Å²) in [5, 5.41) is 0. The second kappa shape index (κ2) is 4.74. The van der Waals surface area contributed by atoms with Gasteiger partial charge in [-0.3, -0.25) is 4.79 Å². The van der Waals surface area contributed by atoms with Gasteiger partial charge in [-0.05, 0) is 0 Å². The molecule has 0 atom stereocenters. The molecule has 3 heteroatoms. The number of hydrogen-bond acceptors (Lipinski definition) is 3. The minimum Gasteiger partial charge on any atom is -0.342 e. The highest BCUT2D eigenvalue weighted by atomic mass is 16.7. The van der Waals surface area contributed by atoms with E-state index in [4.69, 9.17) is 9.47 Å². The highest BCUT2D eigenvalue weighted by Gasteiger charge is 2.20. The fraction of sp³-hybridized carbons (Fsp3) is 0.200. The molecule has 1 aromatic carbocycles. The Morgan fingerprint density at radius 1 is 1.08 bits per heavy atom. The molecule has 0 aliphatic heterocycles. The lowest BCUT2D eigenvalue weighted by Crippen LogP contribution is -2.15. The topological polar surface area (TPSA) is 35.5 Å². The summed E-state index contributed by atoms with van der Waals surface area (Å²) in [7, 11) is 2.80. The molecule has 1 radical (unpaired) electrons. The molecule has 0 aliphatic carbocycles. The number of carbonyl (C=O) groups is 1.